The van der Waals surface area contributed by atoms with E-state index in [0.717, 1.165) is 41.1 Å². The number of nitrogens with zero attached hydrogens (tertiary/aromatic N) is 2. The van der Waals surface area contributed by atoms with Crippen LogP contribution in [0.2, 0.25) is 10.0 Å². The second kappa shape index (κ2) is 6.29. The quantitative estimate of drug-likeness (QED) is 0.653. The van der Waals surface area contributed by atoms with Gasteiger partial charge >= 0.3 is 0 Å². The van der Waals surface area contributed by atoms with Gasteiger partial charge in [0.15, 0.2) is 5.82 Å². The first-order chi connectivity index (χ1) is 12.0. The third-order valence-electron chi connectivity index (χ3n) is 4.75. The first-order valence-corrected chi connectivity index (χ1v) is 9.68. The van der Waals surface area contributed by atoms with Gasteiger partial charge in [-0.05, 0) is 30.7 Å². The number of hydrogen-bond donors (Lipinski definition) is 2. The largest absolute Gasteiger partial charge is 0.334 e. The topological polar surface area (TPSA) is 65.3 Å². The highest BCUT2D eigenvalue weighted by Crippen LogP contribution is 2.33. The number of nitrogens with two attached hydrogens (primary N) is 1. The Kier molecular flexibility index (Phi) is 4.24. The minimum absolute atomic E-state index is 0.219. The average molecular weight is 396 g/mol. The fourth-order valence-electron chi connectivity index (χ4n) is 3.35. The summed E-state index contributed by atoms with van der Waals surface area (Å²) < 4.78 is 1.10. The summed E-state index contributed by atoms with van der Waals surface area (Å²) in [6, 6.07) is 5.07. The summed E-state index contributed by atoms with van der Waals surface area (Å²) in [5.41, 5.74) is 1.49. The molecule has 3 aromatic rings. The number of nitrogen functional groups attached to an aromatic ring is 1. The first kappa shape index (κ1) is 16.8. The van der Waals surface area contributed by atoms with Crippen molar-refractivity contribution < 1.29 is 4.90 Å². The Morgan fingerprint density at radius 1 is 1.40 bits per heavy atom. The summed E-state index contributed by atoms with van der Waals surface area (Å²) in [5.74, 6) is 6.44. The maximum absolute atomic E-state index is 12.9. The molecule has 1 aromatic carbocycles. The van der Waals surface area contributed by atoms with Crippen molar-refractivity contribution in [3.05, 3.63) is 49.0 Å². The van der Waals surface area contributed by atoms with Crippen molar-refractivity contribution in [2.45, 2.75) is 19.9 Å². The van der Waals surface area contributed by atoms with Crippen molar-refractivity contribution in [3.63, 3.8) is 0 Å². The number of nitrogens with one attached hydrogen (secondary N) is 1. The SMILES string of the molecule is CC[NH+]1CCc2c(sc3nc(-c4ccc(Cl)cc4Cl)n(N)c(=O)c23)C1. The monoisotopic (exact) mass is 395 g/mol. The van der Waals surface area contributed by atoms with E-state index in [0.29, 0.717) is 26.8 Å². The van der Waals surface area contributed by atoms with Gasteiger partial charge in [0.1, 0.15) is 11.4 Å². The average Bonchev–Trinajstić information content (AvgIpc) is 2.96. The van der Waals surface area contributed by atoms with Crippen LogP contribution in [-0.4, -0.2) is 22.7 Å². The molecule has 5 nitrogen and oxygen atoms in total. The third-order valence-corrected chi connectivity index (χ3v) is 6.43. The highest BCUT2D eigenvalue weighted by Gasteiger charge is 2.26. The molecule has 25 heavy (non-hydrogen) atoms. The van der Waals surface area contributed by atoms with Crippen LogP contribution in [0.5, 0.6) is 0 Å². The number of thiophene rings is 1. The molecule has 0 bridgehead atoms. The highest BCUT2D eigenvalue weighted by molar-refractivity contribution is 7.18. The molecule has 1 aliphatic rings. The smallest absolute Gasteiger partial charge is 0.281 e. The predicted octanol–water partition coefficient (Wildman–Crippen LogP) is 2.11. The molecule has 3 N–H and O–H groups in total. The standard InChI is InChI=1S/C17H16Cl2N4OS/c1-2-22-6-5-11-13(8-22)25-16-14(11)17(24)23(20)15(21-16)10-4-3-9(18)7-12(10)19/h3-4,7H,2,5-6,8,20H2,1H3/p+1. The number of halogens is 2. The number of rotatable bonds is 2. The predicted molar refractivity (Wildman–Crippen MR) is 103 cm³/mol. The molecular formula is C17H17Cl2N4OS+. The summed E-state index contributed by atoms with van der Waals surface area (Å²) in [6.07, 6.45) is 0.885. The molecule has 0 saturated heterocycles. The molecule has 130 valence electrons. The maximum Gasteiger partial charge on any atom is 0.281 e. The Morgan fingerprint density at radius 3 is 2.92 bits per heavy atom. The van der Waals surface area contributed by atoms with Gasteiger partial charge in [-0.25, -0.2) is 9.66 Å². The molecular weight excluding hydrogens is 379 g/mol. The fourth-order valence-corrected chi connectivity index (χ4v) is 5.13. The molecule has 0 fully saturated rings. The normalized spacial score (nSPS) is 17.0. The van der Waals surface area contributed by atoms with E-state index in [1.54, 1.807) is 29.5 Å². The third kappa shape index (κ3) is 2.73. The lowest BCUT2D eigenvalue weighted by Gasteiger charge is -2.22. The van der Waals surface area contributed by atoms with E-state index in [1.165, 1.54) is 9.78 Å². The van der Waals surface area contributed by atoms with Crippen LogP contribution < -0.4 is 16.3 Å². The molecule has 1 aliphatic heterocycles. The molecule has 8 heteroatoms. The van der Waals surface area contributed by atoms with Gasteiger partial charge in [-0.15, -0.1) is 11.3 Å². The van der Waals surface area contributed by atoms with Gasteiger partial charge < -0.3 is 10.7 Å². The van der Waals surface area contributed by atoms with Crippen molar-refractivity contribution in [2.24, 2.45) is 0 Å². The van der Waals surface area contributed by atoms with Gasteiger partial charge in [0.25, 0.3) is 5.56 Å². The molecule has 0 spiro atoms. The van der Waals surface area contributed by atoms with Crippen molar-refractivity contribution in [2.75, 3.05) is 18.9 Å². The van der Waals surface area contributed by atoms with Crippen LogP contribution in [0.25, 0.3) is 21.6 Å². The highest BCUT2D eigenvalue weighted by atomic mass is 35.5. The van der Waals surface area contributed by atoms with E-state index >= 15 is 0 Å². The second-order valence-electron chi connectivity index (χ2n) is 6.20. The van der Waals surface area contributed by atoms with E-state index in [-0.39, 0.29) is 5.56 Å². The van der Waals surface area contributed by atoms with Crippen LogP contribution in [0.4, 0.5) is 0 Å². The Labute approximate surface area is 158 Å². The molecule has 0 saturated carbocycles. The first-order valence-electron chi connectivity index (χ1n) is 8.11. The van der Waals surface area contributed by atoms with E-state index in [9.17, 15) is 4.79 Å². The maximum atomic E-state index is 12.9. The fraction of sp³-hybridized carbons (Fsp3) is 0.294. The zero-order chi connectivity index (χ0) is 17.7. The zero-order valence-electron chi connectivity index (χ0n) is 13.6. The summed E-state index contributed by atoms with van der Waals surface area (Å²) in [6.45, 7) is 5.23. The van der Waals surface area contributed by atoms with Crippen molar-refractivity contribution in [3.8, 4) is 11.4 Å². The van der Waals surface area contributed by atoms with Crippen LogP contribution in [0.15, 0.2) is 23.0 Å². The summed E-state index contributed by atoms with van der Waals surface area (Å²) in [7, 11) is 0. The van der Waals surface area contributed by atoms with Gasteiger partial charge in [-0.3, -0.25) is 4.79 Å². The van der Waals surface area contributed by atoms with E-state index < -0.39 is 0 Å². The number of quaternary nitrogens is 1. The van der Waals surface area contributed by atoms with Gasteiger partial charge in [0.2, 0.25) is 0 Å². The molecule has 3 heterocycles. The van der Waals surface area contributed by atoms with Crippen LogP contribution in [0.1, 0.15) is 17.4 Å². The molecule has 4 rings (SSSR count). The molecule has 2 aromatic heterocycles. The molecule has 0 aliphatic carbocycles. The van der Waals surface area contributed by atoms with Crippen LogP contribution >= 0.6 is 34.5 Å². The lowest BCUT2D eigenvalue weighted by molar-refractivity contribution is -0.913. The summed E-state index contributed by atoms with van der Waals surface area (Å²) in [4.78, 5) is 21.1. The number of fused-ring (bicyclic) bond motifs is 3. The summed E-state index contributed by atoms with van der Waals surface area (Å²) in [5, 5.41) is 1.60. The van der Waals surface area contributed by atoms with Gasteiger partial charge in [0.05, 0.1) is 28.4 Å². The van der Waals surface area contributed by atoms with Crippen LogP contribution in [0, 0.1) is 0 Å². The van der Waals surface area contributed by atoms with Crippen molar-refractivity contribution >= 4 is 44.8 Å². The molecule has 1 unspecified atom stereocenters. The second-order valence-corrected chi connectivity index (χ2v) is 8.13. The number of benzene rings is 1. The Morgan fingerprint density at radius 2 is 2.20 bits per heavy atom. The summed E-state index contributed by atoms with van der Waals surface area (Å²) >= 11 is 13.8. The number of aromatic nitrogens is 2. The Bertz CT molecular complexity index is 1040. The molecule has 0 amide bonds. The number of hydrogen-bond acceptors (Lipinski definition) is 4. The lowest BCUT2D eigenvalue weighted by atomic mass is 10.1. The van der Waals surface area contributed by atoms with Gasteiger partial charge in [0, 0.05) is 17.0 Å². The van der Waals surface area contributed by atoms with E-state index in [1.807, 2.05) is 0 Å². The van der Waals surface area contributed by atoms with E-state index in [4.69, 9.17) is 29.0 Å². The molecule has 0 radical (unpaired) electrons. The van der Waals surface area contributed by atoms with Gasteiger partial charge in [-0.1, -0.05) is 23.2 Å². The zero-order valence-corrected chi connectivity index (χ0v) is 15.9. The molecule has 1 atom stereocenters. The lowest BCUT2D eigenvalue weighted by Crippen LogP contribution is -3.11. The minimum Gasteiger partial charge on any atom is -0.334 e. The van der Waals surface area contributed by atoms with E-state index in [2.05, 4.69) is 11.9 Å². The van der Waals surface area contributed by atoms with Crippen LogP contribution in [0.3, 0.4) is 0 Å². The Hall–Kier alpha value is -1.60. The van der Waals surface area contributed by atoms with Crippen LogP contribution in [-0.2, 0) is 13.0 Å². The van der Waals surface area contributed by atoms with Crippen molar-refractivity contribution in [1.29, 1.82) is 0 Å². The van der Waals surface area contributed by atoms with Crippen molar-refractivity contribution in [1.82, 2.24) is 9.66 Å². The Balaban J connectivity index is 1.94. The minimum atomic E-state index is -0.219. The van der Waals surface area contributed by atoms with Gasteiger partial charge in [-0.2, -0.15) is 0 Å². The number of likely N-dealkylation sites (N-methyl/N-ethyl adjacent to an activating group) is 1.